The van der Waals surface area contributed by atoms with Gasteiger partial charge in [0.25, 0.3) is 0 Å². The van der Waals surface area contributed by atoms with Crippen LogP contribution in [0.3, 0.4) is 0 Å². The van der Waals surface area contributed by atoms with Crippen LogP contribution < -0.4 is 15.6 Å². The number of H-pyrrole nitrogens is 1. The number of benzene rings is 3. The second-order valence-electron chi connectivity index (χ2n) is 9.19. The summed E-state index contributed by atoms with van der Waals surface area (Å²) in [5.41, 5.74) is 4.97. The molecule has 4 atom stereocenters. The predicted octanol–water partition coefficient (Wildman–Crippen LogP) is 5.02. The Hall–Kier alpha value is -3.41. The van der Waals surface area contributed by atoms with Crippen molar-refractivity contribution in [3.63, 3.8) is 0 Å². The highest BCUT2D eigenvalue weighted by molar-refractivity contribution is 5.87. The van der Waals surface area contributed by atoms with Gasteiger partial charge in [-0.25, -0.2) is 0 Å². The Kier molecular flexibility index (Phi) is 6.22. The monoisotopic (exact) mass is 454 g/mol. The number of aliphatic hydroxyl groups is 1. The zero-order valence-corrected chi connectivity index (χ0v) is 19.5. The number of nitrogens with one attached hydrogen (secondary N) is 2. The topological polar surface area (TPSA) is 74.3 Å². The maximum Gasteiger partial charge on any atom is 0.248 e. The smallest absolute Gasteiger partial charge is 0.248 e. The number of aliphatic hydroxyl groups excluding tert-OH is 1. The predicted molar refractivity (Wildman–Crippen MR) is 135 cm³/mol. The molecule has 0 spiro atoms. The Balaban J connectivity index is 1.36. The summed E-state index contributed by atoms with van der Waals surface area (Å²) in [6, 6.07) is 25.7. The van der Waals surface area contributed by atoms with Gasteiger partial charge in [-0.1, -0.05) is 74.5 Å². The first kappa shape index (κ1) is 22.4. The minimum absolute atomic E-state index is 0.201. The molecular weight excluding hydrogens is 424 g/mol. The molecule has 0 amide bonds. The van der Waals surface area contributed by atoms with Crippen LogP contribution in [0.2, 0.25) is 0 Å². The van der Waals surface area contributed by atoms with Crippen molar-refractivity contribution in [2.24, 2.45) is 0 Å². The number of rotatable bonds is 7. The zero-order valence-electron chi connectivity index (χ0n) is 19.5. The summed E-state index contributed by atoms with van der Waals surface area (Å²) >= 11 is 0. The van der Waals surface area contributed by atoms with Crippen molar-refractivity contribution in [2.45, 2.75) is 44.4 Å². The van der Waals surface area contributed by atoms with Crippen molar-refractivity contribution in [3.05, 3.63) is 111 Å². The number of aromatic nitrogens is 1. The molecular formula is C29H30N2O3. The van der Waals surface area contributed by atoms with Gasteiger partial charge >= 0.3 is 0 Å². The van der Waals surface area contributed by atoms with E-state index in [1.807, 2.05) is 42.5 Å². The Labute approximate surface area is 199 Å². The lowest BCUT2D eigenvalue weighted by atomic mass is 9.96. The molecule has 174 valence electrons. The third kappa shape index (κ3) is 4.25. The van der Waals surface area contributed by atoms with Gasteiger partial charge in [0.05, 0.1) is 11.6 Å². The summed E-state index contributed by atoms with van der Waals surface area (Å²) in [6.45, 7) is 5.30. The summed E-state index contributed by atoms with van der Waals surface area (Å²) in [6.07, 6.45) is -0.723. The highest BCUT2D eigenvalue weighted by atomic mass is 16.5. The third-order valence-electron chi connectivity index (χ3n) is 7.09. The lowest BCUT2D eigenvalue weighted by molar-refractivity contribution is 0.168. The summed E-state index contributed by atoms with van der Waals surface area (Å²) in [5.74, 6) is 1.34. The van der Waals surface area contributed by atoms with Gasteiger partial charge in [-0.15, -0.1) is 0 Å². The van der Waals surface area contributed by atoms with Crippen molar-refractivity contribution in [1.29, 1.82) is 0 Å². The van der Waals surface area contributed by atoms with Crippen LogP contribution in [0.4, 0.5) is 0 Å². The second kappa shape index (κ2) is 9.45. The van der Waals surface area contributed by atoms with E-state index in [1.54, 1.807) is 6.07 Å². The quantitative estimate of drug-likeness (QED) is 0.367. The molecule has 34 heavy (non-hydrogen) atoms. The zero-order chi connectivity index (χ0) is 23.7. The highest BCUT2D eigenvalue weighted by Gasteiger charge is 2.35. The summed E-state index contributed by atoms with van der Waals surface area (Å²) in [5, 5.41) is 15.5. The van der Waals surface area contributed by atoms with E-state index in [1.165, 1.54) is 17.2 Å². The molecule has 3 N–H and O–H groups in total. The van der Waals surface area contributed by atoms with Gasteiger partial charge in [-0.05, 0) is 46.2 Å². The number of hydrogen-bond donors (Lipinski definition) is 3. The van der Waals surface area contributed by atoms with E-state index in [4.69, 9.17) is 4.74 Å². The Bertz CT molecular complexity index is 1320. The van der Waals surface area contributed by atoms with Crippen LogP contribution in [-0.4, -0.2) is 22.7 Å². The Morgan fingerprint density at radius 2 is 1.59 bits per heavy atom. The summed E-state index contributed by atoms with van der Waals surface area (Å²) in [7, 11) is 0. The van der Waals surface area contributed by atoms with Gasteiger partial charge in [0.1, 0.15) is 12.4 Å². The fourth-order valence-corrected chi connectivity index (χ4v) is 5.27. The minimum atomic E-state index is -0.723. The van der Waals surface area contributed by atoms with E-state index in [-0.39, 0.29) is 11.6 Å². The van der Waals surface area contributed by atoms with Crippen LogP contribution in [-0.2, 0) is 6.61 Å². The SMILES string of the molecule is C[C@@H]1c2ccccc2[C@H](C)[C@H]1NC[C@H](O)c1ccc(OCc2ccccc2)c2[nH]c(=O)ccc12. The minimum Gasteiger partial charge on any atom is -0.487 e. The first-order valence-corrected chi connectivity index (χ1v) is 11.9. The molecule has 1 heterocycles. The molecule has 5 heteroatoms. The van der Waals surface area contributed by atoms with Crippen LogP contribution in [0.15, 0.2) is 83.7 Å². The van der Waals surface area contributed by atoms with Gasteiger partial charge in [-0.3, -0.25) is 4.79 Å². The number of hydrogen-bond acceptors (Lipinski definition) is 4. The van der Waals surface area contributed by atoms with Gasteiger partial charge in [-0.2, -0.15) is 0 Å². The van der Waals surface area contributed by atoms with Crippen LogP contribution in [0.1, 0.15) is 54.0 Å². The fourth-order valence-electron chi connectivity index (χ4n) is 5.27. The standard InChI is InChI=1S/C29H30N2O3/c1-18-21-10-6-7-11-22(21)19(2)28(18)30-16-25(32)23-12-14-26(29-24(23)13-15-27(33)31-29)34-17-20-8-4-3-5-9-20/h3-15,18-19,25,28,30,32H,16-17H2,1-2H3,(H,31,33)/t18-,19+,25-,28+/m0/s1. The average Bonchev–Trinajstić information content (AvgIpc) is 3.11. The van der Waals surface area contributed by atoms with Gasteiger partial charge < -0.3 is 20.1 Å². The highest BCUT2D eigenvalue weighted by Crippen LogP contribution is 2.41. The number of fused-ring (bicyclic) bond motifs is 2. The number of ether oxygens (including phenoxy) is 1. The van der Waals surface area contributed by atoms with E-state index >= 15 is 0 Å². The van der Waals surface area contributed by atoms with E-state index < -0.39 is 6.10 Å². The van der Waals surface area contributed by atoms with Crippen LogP contribution in [0, 0.1) is 0 Å². The van der Waals surface area contributed by atoms with Crippen molar-refractivity contribution < 1.29 is 9.84 Å². The lowest BCUT2D eigenvalue weighted by Gasteiger charge is -2.25. The summed E-state index contributed by atoms with van der Waals surface area (Å²) in [4.78, 5) is 15.0. The maximum absolute atomic E-state index is 12.1. The van der Waals surface area contributed by atoms with E-state index in [0.717, 1.165) is 16.5 Å². The van der Waals surface area contributed by atoms with Gasteiger partial charge in [0.15, 0.2) is 0 Å². The molecule has 3 aromatic carbocycles. The van der Waals surface area contributed by atoms with Crippen molar-refractivity contribution in [1.82, 2.24) is 10.3 Å². The van der Waals surface area contributed by atoms with Crippen molar-refractivity contribution in [2.75, 3.05) is 6.54 Å². The molecule has 5 rings (SSSR count). The molecule has 0 radical (unpaired) electrons. The number of aromatic amines is 1. The van der Waals surface area contributed by atoms with E-state index in [0.29, 0.717) is 36.3 Å². The third-order valence-corrected chi connectivity index (χ3v) is 7.09. The van der Waals surface area contributed by atoms with Crippen molar-refractivity contribution >= 4 is 10.9 Å². The summed E-state index contributed by atoms with van der Waals surface area (Å²) < 4.78 is 6.03. The molecule has 5 nitrogen and oxygen atoms in total. The lowest BCUT2D eigenvalue weighted by Crippen LogP contribution is -2.36. The first-order valence-electron chi connectivity index (χ1n) is 11.9. The maximum atomic E-state index is 12.1. The van der Waals surface area contributed by atoms with E-state index in [9.17, 15) is 9.90 Å². The largest absolute Gasteiger partial charge is 0.487 e. The van der Waals surface area contributed by atoms with Crippen LogP contribution in [0.5, 0.6) is 5.75 Å². The fraction of sp³-hybridized carbons (Fsp3) is 0.276. The molecule has 4 aromatic rings. The molecule has 0 unspecified atom stereocenters. The second-order valence-corrected chi connectivity index (χ2v) is 9.19. The normalized spacial score (nSPS) is 20.3. The van der Waals surface area contributed by atoms with Crippen molar-refractivity contribution in [3.8, 4) is 5.75 Å². The van der Waals surface area contributed by atoms with Gasteiger partial charge in [0.2, 0.25) is 5.56 Å². The number of pyridine rings is 1. The molecule has 1 aliphatic rings. The molecule has 1 aliphatic carbocycles. The van der Waals surface area contributed by atoms with E-state index in [2.05, 4.69) is 48.4 Å². The first-order chi connectivity index (χ1) is 16.5. The molecule has 0 fully saturated rings. The Morgan fingerprint density at radius 3 is 2.29 bits per heavy atom. The molecule has 0 aliphatic heterocycles. The van der Waals surface area contributed by atoms with Crippen LogP contribution in [0.25, 0.3) is 10.9 Å². The Morgan fingerprint density at radius 1 is 0.912 bits per heavy atom. The molecule has 0 bridgehead atoms. The molecule has 0 saturated carbocycles. The molecule has 1 aromatic heterocycles. The molecule has 0 saturated heterocycles. The average molecular weight is 455 g/mol. The van der Waals surface area contributed by atoms with Gasteiger partial charge in [0, 0.05) is 24.0 Å². The van der Waals surface area contributed by atoms with Crippen LogP contribution >= 0.6 is 0 Å².